The van der Waals surface area contributed by atoms with Crippen LogP contribution in [-0.2, 0) is 19.6 Å². The summed E-state index contributed by atoms with van der Waals surface area (Å²) in [6.45, 7) is 1.78. The fourth-order valence-electron chi connectivity index (χ4n) is 2.63. The molecule has 0 bridgehead atoms. The monoisotopic (exact) mass is 334 g/mol. The zero-order chi connectivity index (χ0) is 16.2. The van der Waals surface area contributed by atoms with Crippen LogP contribution >= 0.6 is 0 Å². The maximum Gasteiger partial charge on any atom is 0.223 e. The van der Waals surface area contributed by atoms with Crippen LogP contribution in [0.15, 0.2) is 0 Å². The summed E-state index contributed by atoms with van der Waals surface area (Å²) in [4.78, 5) is 11.8. The van der Waals surface area contributed by atoms with E-state index in [-0.39, 0.29) is 36.3 Å². The normalized spacial score (nSPS) is 29.3. The Labute approximate surface area is 131 Å². The van der Waals surface area contributed by atoms with Crippen molar-refractivity contribution in [3.63, 3.8) is 0 Å². The zero-order valence-electron chi connectivity index (χ0n) is 13.0. The van der Waals surface area contributed by atoms with Crippen molar-refractivity contribution in [2.24, 2.45) is 5.92 Å². The topological polar surface area (TPSA) is 105 Å². The predicted molar refractivity (Wildman–Crippen MR) is 81.7 cm³/mol. The number of nitrogens with one attached hydrogen (secondary N) is 2. The number of hydrogen-bond acceptors (Lipinski definition) is 5. The van der Waals surface area contributed by atoms with E-state index in [4.69, 9.17) is 4.74 Å². The lowest BCUT2D eigenvalue weighted by molar-refractivity contribution is -0.129. The van der Waals surface area contributed by atoms with Crippen molar-refractivity contribution in [2.45, 2.75) is 57.3 Å². The van der Waals surface area contributed by atoms with Crippen LogP contribution in [0.5, 0.6) is 0 Å². The molecular formula is C14H26N2O5S. The van der Waals surface area contributed by atoms with E-state index < -0.39 is 16.1 Å². The van der Waals surface area contributed by atoms with Crippen molar-refractivity contribution in [1.82, 2.24) is 10.0 Å². The number of sulfonamides is 1. The summed E-state index contributed by atoms with van der Waals surface area (Å²) >= 11 is 0. The summed E-state index contributed by atoms with van der Waals surface area (Å²) in [5.41, 5.74) is 0. The maximum atomic E-state index is 11.8. The number of carbonyl (C=O) groups excluding carboxylic acids is 1. The van der Waals surface area contributed by atoms with Crippen LogP contribution in [0.3, 0.4) is 0 Å². The smallest absolute Gasteiger partial charge is 0.223 e. The lowest BCUT2D eigenvalue weighted by Crippen LogP contribution is -2.51. The van der Waals surface area contributed by atoms with Gasteiger partial charge in [0.05, 0.1) is 24.5 Å². The molecule has 0 aromatic rings. The molecule has 3 atom stereocenters. The van der Waals surface area contributed by atoms with Crippen molar-refractivity contribution in [3.05, 3.63) is 0 Å². The largest absolute Gasteiger partial charge is 0.394 e. The zero-order valence-corrected chi connectivity index (χ0v) is 13.8. The molecule has 3 N–H and O–H groups in total. The SMILES string of the molecule is CCS(=O)(=O)NCC[C@@H]1CC[C@@H](NC(=O)C2CC2)[C@@H](CO)O1. The van der Waals surface area contributed by atoms with Crippen molar-refractivity contribution in [3.8, 4) is 0 Å². The number of ether oxygens (including phenoxy) is 1. The Balaban J connectivity index is 1.75. The molecule has 0 radical (unpaired) electrons. The van der Waals surface area contributed by atoms with E-state index in [0.717, 1.165) is 25.7 Å². The van der Waals surface area contributed by atoms with E-state index in [0.29, 0.717) is 13.0 Å². The highest BCUT2D eigenvalue weighted by atomic mass is 32.2. The molecule has 2 rings (SSSR count). The van der Waals surface area contributed by atoms with Gasteiger partial charge in [0.15, 0.2) is 0 Å². The Hall–Kier alpha value is -0.700. The molecule has 0 aromatic carbocycles. The number of rotatable bonds is 8. The Kier molecular flexibility index (Phi) is 6.19. The van der Waals surface area contributed by atoms with Crippen LogP contribution < -0.4 is 10.0 Å². The standard InChI is InChI=1S/C14H26N2O5S/c1-2-22(19,20)15-8-7-11-5-6-12(13(9-17)21-11)16-14(18)10-3-4-10/h10-13,15,17H,2-9H2,1H3,(H,16,18)/t11-,12+,13+/m0/s1. The van der Waals surface area contributed by atoms with Gasteiger partial charge >= 0.3 is 0 Å². The fourth-order valence-corrected chi connectivity index (χ4v) is 3.27. The molecule has 1 saturated heterocycles. The van der Waals surface area contributed by atoms with Gasteiger partial charge in [0, 0.05) is 12.5 Å². The Bertz CT molecular complexity index is 478. The average Bonchev–Trinajstić information content (AvgIpc) is 3.33. The van der Waals surface area contributed by atoms with Crippen LogP contribution in [0.1, 0.15) is 39.0 Å². The number of aliphatic hydroxyl groups is 1. The molecule has 0 unspecified atom stereocenters. The minimum absolute atomic E-state index is 0.0567. The van der Waals surface area contributed by atoms with Crippen LogP contribution in [0.4, 0.5) is 0 Å². The number of aliphatic hydroxyl groups excluding tert-OH is 1. The first-order valence-electron chi connectivity index (χ1n) is 7.99. The number of amides is 1. The van der Waals surface area contributed by atoms with Crippen LogP contribution in [0, 0.1) is 5.92 Å². The third kappa shape index (κ3) is 5.19. The van der Waals surface area contributed by atoms with Gasteiger partial charge in [0.25, 0.3) is 0 Å². The van der Waals surface area contributed by atoms with E-state index in [1.807, 2.05) is 0 Å². The van der Waals surface area contributed by atoms with Crippen molar-refractivity contribution in [1.29, 1.82) is 0 Å². The highest BCUT2D eigenvalue weighted by Gasteiger charge is 2.36. The molecule has 22 heavy (non-hydrogen) atoms. The molecule has 7 nitrogen and oxygen atoms in total. The van der Waals surface area contributed by atoms with E-state index >= 15 is 0 Å². The second kappa shape index (κ2) is 7.72. The second-order valence-electron chi connectivity index (χ2n) is 6.03. The van der Waals surface area contributed by atoms with Crippen LogP contribution in [0.25, 0.3) is 0 Å². The molecule has 1 aliphatic heterocycles. The first kappa shape index (κ1) is 17.7. The first-order chi connectivity index (χ1) is 10.4. The van der Waals surface area contributed by atoms with Crippen LogP contribution in [-0.4, -0.2) is 56.6 Å². The summed E-state index contributed by atoms with van der Waals surface area (Å²) in [6.07, 6.45) is 3.45. The van der Waals surface area contributed by atoms with E-state index in [1.54, 1.807) is 6.92 Å². The third-order valence-electron chi connectivity index (χ3n) is 4.24. The lowest BCUT2D eigenvalue weighted by Gasteiger charge is -2.36. The summed E-state index contributed by atoms with van der Waals surface area (Å²) in [5, 5.41) is 12.4. The van der Waals surface area contributed by atoms with Gasteiger partial charge in [0.2, 0.25) is 15.9 Å². The minimum atomic E-state index is -3.18. The molecule has 128 valence electrons. The average molecular weight is 334 g/mol. The molecular weight excluding hydrogens is 308 g/mol. The van der Waals surface area contributed by atoms with Crippen LogP contribution in [0.2, 0.25) is 0 Å². The van der Waals surface area contributed by atoms with E-state index in [9.17, 15) is 18.3 Å². The molecule has 8 heteroatoms. The van der Waals surface area contributed by atoms with Gasteiger partial charge in [-0.15, -0.1) is 0 Å². The molecule has 0 spiro atoms. The van der Waals surface area contributed by atoms with Gasteiger partial charge in [-0.2, -0.15) is 0 Å². The molecule has 0 aromatic heterocycles. The Morgan fingerprint density at radius 2 is 2.00 bits per heavy atom. The summed E-state index contributed by atoms with van der Waals surface area (Å²) in [7, 11) is -3.18. The number of carbonyl (C=O) groups is 1. The van der Waals surface area contributed by atoms with Crippen molar-refractivity contribution in [2.75, 3.05) is 18.9 Å². The Morgan fingerprint density at radius 3 is 2.59 bits per heavy atom. The first-order valence-corrected chi connectivity index (χ1v) is 9.64. The molecule has 2 fully saturated rings. The highest BCUT2D eigenvalue weighted by Crippen LogP contribution is 2.30. The van der Waals surface area contributed by atoms with Gasteiger partial charge in [0.1, 0.15) is 6.10 Å². The minimum Gasteiger partial charge on any atom is -0.394 e. The summed E-state index contributed by atoms with van der Waals surface area (Å²) in [6, 6.07) is -0.151. The summed E-state index contributed by atoms with van der Waals surface area (Å²) < 4.78 is 31.0. The quantitative estimate of drug-likeness (QED) is 0.568. The molecule has 2 aliphatic rings. The number of hydrogen-bond donors (Lipinski definition) is 3. The molecule has 1 amide bonds. The third-order valence-corrected chi connectivity index (χ3v) is 5.64. The van der Waals surface area contributed by atoms with Crippen molar-refractivity contribution < 1.29 is 23.1 Å². The molecule has 1 saturated carbocycles. The maximum absolute atomic E-state index is 11.8. The second-order valence-corrected chi connectivity index (χ2v) is 8.13. The van der Waals surface area contributed by atoms with E-state index in [2.05, 4.69) is 10.0 Å². The van der Waals surface area contributed by atoms with Gasteiger partial charge in [-0.1, -0.05) is 0 Å². The van der Waals surface area contributed by atoms with Crippen molar-refractivity contribution >= 4 is 15.9 Å². The predicted octanol–water partition coefficient (Wildman–Crippen LogP) is -0.249. The van der Waals surface area contributed by atoms with Gasteiger partial charge in [-0.05, 0) is 39.0 Å². The van der Waals surface area contributed by atoms with E-state index in [1.165, 1.54) is 0 Å². The molecule has 1 aliphatic carbocycles. The molecule has 1 heterocycles. The highest BCUT2D eigenvalue weighted by molar-refractivity contribution is 7.89. The summed E-state index contributed by atoms with van der Waals surface area (Å²) in [5.74, 6) is 0.259. The fraction of sp³-hybridized carbons (Fsp3) is 0.929. The Morgan fingerprint density at radius 1 is 1.27 bits per heavy atom. The van der Waals surface area contributed by atoms with Gasteiger partial charge in [-0.25, -0.2) is 13.1 Å². The lowest BCUT2D eigenvalue weighted by atomic mass is 9.97. The van der Waals surface area contributed by atoms with Gasteiger partial charge < -0.3 is 15.2 Å². The van der Waals surface area contributed by atoms with Gasteiger partial charge in [-0.3, -0.25) is 4.79 Å².